The van der Waals surface area contributed by atoms with Gasteiger partial charge in [-0.3, -0.25) is 9.69 Å². The predicted molar refractivity (Wildman–Crippen MR) is 77.1 cm³/mol. The standard InChI is InChI=1S/C15H22N4O3/c20-14-4-1-11(9-19(14)12-2-3-12)15-16-13(17-22-15)10-18-5-7-21-8-6-18/h11-12H,1-10H2/t11-/m1/s1. The largest absolute Gasteiger partial charge is 0.379 e. The molecule has 0 N–H and O–H groups in total. The second-order valence-electron chi connectivity index (χ2n) is 6.45. The van der Waals surface area contributed by atoms with Gasteiger partial charge in [0.05, 0.1) is 25.7 Å². The monoisotopic (exact) mass is 306 g/mol. The van der Waals surface area contributed by atoms with Crippen LogP contribution in [0.2, 0.25) is 0 Å². The van der Waals surface area contributed by atoms with Crippen LogP contribution in [0.25, 0.3) is 0 Å². The van der Waals surface area contributed by atoms with Gasteiger partial charge in [0.15, 0.2) is 5.82 Å². The summed E-state index contributed by atoms with van der Waals surface area (Å²) in [5, 5.41) is 4.12. The molecule has 22 heavy (non-hydrogen) atoms. The smallest absolute Gasteiger partial charge is 0.231 e. The van der Waals surface area contributed by atoms with Crippen LogP contribution in [-0.4, -0.2) is 64.7 Å². The van der Waals surface area contributed by atoms with E-state index < -0.39 is 0 Å². The van der Waals surface area contributed by atoms with Crippen molar-refractivity contribution in [2.24, 2.45) is 0 Å². The number of hydrogen-bond donors (Lipinski definition) is 0. The van der Waals surface area contributed by atoms with Gasteiger partial charge >= 0.3 is 0 Å². The van der Waals surface area contributed by atoms with Gasteiger partial charge < -0.3 is 14.2 Å². The summed E-state index contributed by atoms with van der Waals surface area (Å²) in [6, 6.07) is 0.464. The number of morpholine rings is 1. The van der Waals surface area contributed by atoms with Gasteiger partial charge in [-0.05, 0) is 19.3 Å². The third-order valence-corrected chi connectivity index (χ3v) is 4.73. The Hall–Kier alpha value is -1.47. The molecule has 1 aliphatic carbocycles. The van der Waals surface area contributed by atoms with Crippen molar-refractivity contribution in [3.05, 3.63) is 11.7 Å². The first-order valence-corrected chi connectivity index (χ1v) is 8.21. The molecule has 1 aromatic rings. The number of nitrogens with zero attached hydrogens (tertiary/aromatic N) is 4. The zero-order valence-corrected chi connectivity index (χ0v) is 12.7. The van der Waals surface area contributed by atoms with E-state index in [1.165, 1.54) is 0 Å². The van der Waals surface area contributed by atoms with E-state index in [1.54, 1.807) is 0 Å². The maximum absolute atomic E-state index is 12.0. The summed E-state index contributed by atoms with van der Waals surface area (Å²) in [4.78, 5) is 20.8. The first kappa shape index (κ1) is 14.1. The molecule has 1 amide bonds. The molecule has 2 aliphatic heterocycles. The molecule has 4 rings (SSSR count). The Kier molecular flexibility index (Phi) is 3.83. The minimum atomic E-state index is 0.198. The molecule has 0 radical (unpaired) electrons. The molecular weight excluding hydrogens is 284 g/mol. The minimum absolute atomic E-state index is 0.198. The highest BCUT2D eigenvalue weighted by molar-refractivity contribution is 5.77. The first-order chi connectivity index (χ1) is 10.8. The maximum atomic E-state index is 12.0. The van der Waals surface area contributed by atoms with Gasteiger partial charge in [0.2, 0.25) is 11.8 Å². The summed E-state index contributed by atoms with van der Waals surface area (Å²) in [6.45, 7) is 4.82. The van der Waals surface area contributed by atoms with Crippen LogP contribution in [0.5, 0.6) is 0 Å². The average molecular weight is 306 g/mol. The highest BCUT2D eigenvalue weighted by atomic mass is 16.5. The third kappa shape index (κ3) is 3.01. The predicted octanol–water partition coefficient (Wildman–Crippen LogP) is 0.770. The number of hydrogen-bond acceptors (Lipinski definition) is 6. The summed E-state index contributed by atoms with van der Waals surface area (Å²) in [5.41, 5.74) is 0. The Morgan fingerprint density at radius 3 is 2.77 bits per heavy atom. The fraction of sp³-hybridized carbons (Fsp3) is 0.800. The number of carbonyl (C=O) groups is 1. The third-order valence-electron chi connectivity index (χ3n) is 4.73. The molecule has 3 heterocycles. The fourth-order valence-corrected chi connectivity index (χ4v) is 3.27. The van der Waals surface area contributed by atoms with Crippen molar-refractivity contribution in [2.75, 3.05) is 32.8 Å². The fourth-order valence-electron chi connectivity index (χ4n) is 3.27. The molecule has 7 heteroatoms. The van der Waals surface area contributed by atoms with Gasteiger partial charge in [-0.15, -0.1) is 0 Å². The second kappa shape index (κ2) is 5.96. The van der Waals surface area contributed by atoms with Gasteiger partial charge in [-0.2, -0.15) is 4.98 Å². The molecule has 3 fully saturated rings. The van der Waals surface area contributed by atoms with Gasteiger partial charge in [-0.25, -0.2) is 0 Å². The van der Waals surface area contributed by atoms with E-state index in [4.69, 9.17) is 9.26 Å². The van der Waals surface area contributed by atoms with E-state index in [9.17, 15) is 4.79 Å². The molecule has 7 nitrogen and oxygen atoms in total. The highest BCUT2D eigenvalue weighted by Crippen LogP contribution is 2.34. The number of likely N-dealkylation sites (tertiary alicyclic amines) is 1. The lowest BCUT2D eigenvalue weighted by molar-refractivity contribution is -0.134. The number of amides is 1. The zero-order chi connectivity index (χ0) is 14.9. The van der Waals surface area contributed by atoms with Crippen molar-refractivity contribution >= 4 is 5.91 Å². The summed E-state index contributed by atoms with van der Waals surface area (Å²) >= 11 is 0. The number of rotatable bonds is 4. The number of ether oxygens (including phenoxy) is 1. The van der Waals surface area contributed by atoms with Crippen molar-refractivity contribution in [3.8, 4) is 0 Å². The molecule has 3 aliphatic rings. The van der Waals surface area contributed by atoms with Crippen molar-refractivity contribution in [3.63, 3.8) is 0 Å². The Morgan fingerprint density at radius 1 is 1.18 bits per heavy atom. The lowest BCUT2D eigenvalue weighted by Crippen LogP contribution is -2.40. The molecule has 0 bridgehead atoms. The Morgan fingerprint density at radius 2 is 2.00 bits per heavy atom. The Bertz CT molecular complexity index is 537. The van der Waals surface area contributed by atoms with Crippen LogP contribution < -0.4 is 0 Å². The van der Waals surface area contributed by atoms with E-state index >= 15 is 0 Å². The molecule has 0 aromatic carbocycles. The van der Waals surface area contributed by atoms with Gasteiger partial charge in [0.25, 0.3) is 0 Å². The van der Waals surface area contributed by atoms with E-state index in [1.807, 2.05) is 4.90 Å². The molecule has 1 saturated carbocycles. The summed E-state index contributed by atoms with van der Waals surface area (Å²) in [7, 11) is 0. The average Bonchev–Trinajstić information content (AvgIpc) is 3.28. The first-order valence-electron chi connectivity index (χ1n) is 8.21. The van der Waals surface area contributed by atoms with Crippen molar-refractivity contribution in [2.45, 2.75) is 44.2 Å². The Labute approximate surface area is 129 Å². The van der Waals surface area contributed by atoms with Crippen LogP contribution in [0.4, 0.5) is 0 Å². The molecule has 0 unspecified atom stereocenters. The van der Waals surface area contributed by atoms with E-state index in [2.05, 4.69) is 15.0 Å². The lowest BCUT2D eigenvalue weighted by Gasteiger charge is -2.30. The highest BCUT2D eigenvalue weighted by Gasteiger charge is 2.38. The maximum Gasteiger partial charge on any atom is 0.231 e. The quantitative estimate of drug-likeness (QED) is 0.818. The molecule has 2 saturated heterocycles. The normalized spacial score (nSPS) is 27.4. The lowest BCUT2D eigenvalue weighted by atomic mass is 9.97. The van der Waals surface area contributed by atoms with E-state index in [-0.39, 0.29) is 11.8 Å². The molecule has 0 spiro atoms. The second-order valence-corrected chi connectivity index (χ2v) is 6.45. The van der Waals surface area contributed by atoms with Gasteiger partial charge in [0, 0.05) is 32.1 Å². The van der Waals surface area contributed by atoms with Crippen molar-refractivity contribution in [1.82, 2.24) is 19.9 Å². The number of carbonyl (C=O) groups excluding carboxylic acids is 1. The summed E-state index contributed by atoms with van der Waals surface area (Å²) in [6.07, 6.45) is 3.71. The summed E-state index contributed by atoms with van der Waals surface area (Å²) < 4.78 is 10.8. The van der Waals surface area contributed by atoms with Gasteiger partial charge in [-0.1, -0.05) is 5.16 Å². The van der Waals surface area contributed by atoms with Crippen LogP contribution in [0.3, 0.4) is 0 Å². The number of piperidine rings is 1. The Balaban J connectivity index is 1.39. The molecule has 1 atom stereocenters. The summed E-state index contributed by atoms with van der Waals surface area (Å²) in [5.74, 6) is 1.92. The van der Waals surface area contributed by atoms with Crippen LogP contribution in [0, 0.1) is 0 Å². The molecule has 1 aromatic heterocycles. The topological polar surface area (TPSA) is 71.7 Å². The van der Waals surface area contributed by atoms with E-state index in [0.717, 1.165) is 57.9 Å². The van der Waals surface area contributed by atoms with Crippen LogP contribution in [-0.2, 0) is 16.1 Å². The SMILES string of the molecule is O=C1CC[C@@H](c2nc(CN3CCOCC3)no2)CN1C1CC1. The van der Waals surface area contributed by atoms with Crippen molar-refractivity contribution in [1.29, 1.82) is 0 Å². The number of aromatic nitrogens is 2. The molecule has 120 valence electrons. The van der Waals surface area contributed by atoms with E-state index in [0.29, 0.717) is 24.9 Å². The van der Waals surface area contributed by atoms with Crippen LogP contribution in [0.1, 0.15) is 43.3 Å². The van der Waals surface area contributed by atoms with Crippen LogP contribution >= 0.6 is 0 Å². The van der Waals surface area contributed by atoms with Crippen LogP contribution in [0.15, 0.2) is 4.52 Å². The minimum Gasteiger partial charge on any atom is -0.379 e. The molecular formula is C15H22N4O3. The van der Waals surface area contributed by atoms with Crippen molar-refractivity contribution < 1.29 is 14.1 Å². The van der Waals surface area contributed by atoms with Gasteiger partial charge in [0.1, 0.15) is 0 Å². The zero-order valence-electron chi connectivity index (χ0n) is 12.7.